The van der Waals surface area contributed by atoms with Gasteiger partial charge in [-0.25, -0.2) is 0 Å². The highest BCUT2D eigenvalue weighted by Crippen LogP contribution is 2.28. The summed E-state index contributed by atoms with van der Waals surface area (Å²) in [5.74, 6) is 1.76. The van der Waals surface area contributed by atoms with Gasteiger partial charge in [0.15, 0.2) is 11.5 Å². The molecule has 0 N–H and O–H groups in total. The van der Waals surface area contributed by atoms with Gasteiger partial charge in [-0.05, 0) is 47.0 Å². The monoisotopic (exact) mass is 365 g/mol. The van der Waals surface area contributed by atoms with Crippen molar-refractivity contribution in [2.75, 3.05) is 18.0 Å². The van der Waals surface area contributed by atoms with Crippen LogP contribution in [-0.2, 0) is 0 Å². The van der Waals surface area contributed by atoms with Gasteiger partial charge >= 0.3 is 0 Å². The largest absolute Gasteiger partial charge is 0.351 e. The summed E-state index contributed by atoms with van der Waals surface area (Å²) in [4.78, 5) is 3.68. The molecular weight excluding hydrogens is 350 g/mol. The molecule has 5 nitrogen and oxygen atoms in total. The summed E-state index contributed by atoms with van der Waals surface area (Å²) in [5, 5.41) is 19.6. The van der Waals surface area contributed by atoms with Crippen LogP contribution in [0.25, 0.3) is 22.6 Å². The fourth-order valence-electron chi connectivity index (χ4n) is 3.08. The van der Waals surface area contributed by atoms with Gasteiger partial charge in [-0.3, -0.25) is 0 Å². The van der Waals surface area contributed by atoms with Crippen molar-refractivity contribution in [2.45, 2.75) is 6.42 Å². The average Bonchev–Trinajstić information content (AvgIpc) is 3.41. The predicted octanol–water partition coefficient (Wildman–Crippen LogP) is 4.21. The Labute approximate surface area is 152 Å². The van der Waals surface area contributed by atoms with Gasteiger partial charge in [0.2, 0.25) is 0 Å². The molecule has 5 heterocycles. The molecule has 5 rings (SSSR count). The van der Waals surface area contributed by atoms with Gasteiger partial charge in [-0.2, -0.15) is 15.9 Å². The molecule has 0 saturated heterocycles. The second-order valence-corrected chi connectivity index (χ2v) is 7.63. The van der Waals surface area contributed by atoms with Crippen molar-refractivity contribution in [2.24, 2.45) is 0 Å². The highest BCUT2D eigenvalue weighted by Gasteiger charge is 2.17. The normalized spacial score (nSPS) is 14.9. The molecule has 1 aliphatic heterocycles. The maximum atomic E-state index is 4.80. The number of rotatable bonds is 3. The Morgan fingerprint density at radius 1 is 1.04 bits per heavy atom. The Bertz CT molecular complexity index is 1030. The van der Waals surface area contributed by atoms with Crippen molar-refractivity contribution < 1.29 is 0 Å². The number of fused-ring (bicyclic) bond motifs is 1. The lowest BCUT2D eigenvalue weighted by Crippen LogP contribution is -2.29. The lowest BCUT2D eigenvalue weighted by atomic mass is 10.1. The van der Waals surface area contributed by atoms with Gasteiger partial charge in [0.05, 0.1) is 0 Å². The van der Waals surface area contributed by atoms with E-state index in [0.29, 0.717) is 0 Å². The lowest BCUT2D eigenvalue weighted by molar-refractivity contribution is 0.790. The summed E-state index contributed by atoms with van der Waals surface area (Å²) in [6.07, 6.45) is 3.35. The molecule has 0 bridgehead atoms. The van der Waals surface area contributed by atoms with E-state index in [-0.39, 0.29) is 0 Å². The zero-order chi connectivity index (χ0) is 16.6. The maximum absolute atomic E-state index is 4.80. The van der Waals surface area contributed by atoms with Crippen molar-refractivity contribution in [1.82, 2.24) is 19.8 Å². The topological polar surface area (TPSA) is 46.3 Å². The van der Waals surface area contributed by atoms with E-state index in [1.807, 2.05) is 39.4 Å². The van der Waals surface area contributed by atoms with Crippen LogP contribution in [0.1, 0.15) is 11.3 Å². The minimum absolute atomic E-state index is 0.775. The molecule has 0 amide bonds. The van der Waals surface area contributed by atoms with Gasteiger partial charge in [-0.1, -0.05) is 12.1 Å². The summed E-state index contributed by atoms with van der Waals surface area (Å²) < 4.78 is 1.84. The first-order valence-electron chi connectivity index (χ1n) is 8.11. The van der Waals surface area contributed by atoms with Crippen molar-refractivity contribution >= 4 is 39.7 Å². The number of nitrogens with zero attached hydrogens (tertiary/aromatic N) is 5. The zero-order valence-corrected chi connectivity index (χ0v) is 15.0. The first-order valence-corrected chi connectivity index (χ1v) is 9.93. The Balaban J connectivity index is 1.47. The summed E-state index contributed by atoms with van der Waals surface area (Å²) in [6.45, 7) is 1.85. The molecular formula is C18H15N5S2. The first-order chi connectivity index (χ1) is 12.4. The minimum atomic E-state index is 0.775. The number of hydrogen-bond acceptors (Lipinski definition) is 6. The summed E-state index contributed by atoms with van der Waals surface area (Å²) in [7, 11) is 0. The maximum Gasteiger partial charge on any atom is 0.186 e. The molecule has 4 aromatic rings. The van der Waals surface area contributed by atoms with Crippen molar-refractivity contribution in [3.8, 4) is 11.4 Å². The van der Waals surface area contributed by atoms with Crippen LogP contribution in [0.2, 0.25) is 0 Å². The third kappa shape index (κ3) is 2.65. The second-order valence-electron chi connectivity index (χ2n) is 5.90. The van der Waals surface area contributed by atoms with Crippen LogP contribution < -0.4 is 4.90 Å². The van der Waals surface area contributed by atoms with Gasteiger partial charge < -0.3 is 4.90 Å². The van der Waals surface area contributed by atoms with Crippen LogP contribution in [0, 0.1) is 0 Å². The molecule has 0 unspecified atom stereocenters. The van der Waals surface area contributed by atoms with E-state index >= 15 is 0 Å². The SMILES string of the molecule is C1=C(c2cccs2)CCN(c2ccc3nnc(-c4ccsc4)n3n2)C1. The minimum Gasteiger partial charge on any atom is -0.351 e. The molecule has 25 heavy (non-hydrogen) atoms. The molecule has 4 aromatic heterocycles. The van der Waals surface area contributed by atoms with Crippen LogP contribution in [0.3, 0.4) is 0 Å². The highest BCUT2D eigenvalue weighted by molar-refractivity contribution is 7.11. The molecule has 0 radical (unpaired) electrons. The molecule has 0 aliphatic carbocycles. The van der Waals surface area contributed by atoms with Gasteiger partial charge in [0.1, 0.15) is 5.82 Å². The first kappa shape index (κ1) is 14.8. The van der Waals surface area contributed by atoms with Crippen molar-refractivity contribution in [3.63, 3.8) is 0 Å². The van der Waals surface area contributed by atoms with E-state index in [4.69, 9.17) is 5.10 Å². The highest BCUT2D eigenvalue weighted by atomic mass is 32.1. The molecule has 0 spiro atoms. The molecule has 1 aliphatic rings. The van der Waals surface area contributed by atoms with Crippen molar-refractivity contribution in [3.05, 3.63) is 57.4 Å². The van der Waals surface area contributed by atoms with E-state index < -0.39 is 0 Å². The van der Waals surface area contributed by atoms with Crippen LogP contribution in [-0.4, -0.2) is 32.9 Å². The molecule has 0 fully saturated rings. The quantitative estimate of drug-likeness (QED) is 0.546. The van der Waals surface area contributed by atoms with Crippen LogP contribution in [0.4, 0.5) is 5.82 Å². The molecule has 124 valence electrons. The standard InChI is InChI=1S/C18H15N5S2/c1-2-15(25-10-1)13-5-8-22(9-6-13)17-4-3-16-19-20-18(23(16)21-17)14-7-11-24-12-14/h1-5,7,10-12H,6,8-9H2. The van der Waals surface area contributed by atoms with Gasteiger partial charge in [0, 0.05) is 28.9 Å². The Kier molecular flexibility index (Phi) is 3.61. The van der Waals surface area contributed by atoms with E-state index in [9.17, 15) is 0 Å². The third-order valence-corrected chi connectivity index (χ3v) is 6.03. The van der Waals surface area contributed by atoms with E-state index in [2.05, 4.69) is 44.1 Å². The van der Waals surface area contributed by atoms with E-state index in [0.717, 1.165) is 42.4 Å². The Morgan fingerprint density at radius 3 is 2.80 bits per heavy atom. The summed E-state index contributed by atoms with van der Waals surface area (Å²) >= 11 is 3.46. The summed E-state index contributed by atoms with van der Waals surface area (Å²) in [6, 6.07) is 10.4. The third-order valence-electron chi connectivity index (χ3n) is 4.40. The van der Waals surface area contributed by atoms with E-state index in [1.54, 1.807) is 11.3 Å². The van der Waals surface area contributed by atoms with Gasteiger partial charge in [-0.15, -0.1) is 26.6 Å². The van der Waals surface area contributed by atoms with Gasteiger partial charge in [0.25, 0.3) is 0 Å². The lowest BCUT2D eigenvalue weighted by Gasteiger charge is -2.27. The number of anilines is 1. The van der Waals surface area contributed by atoms with E-state index in [1.165, 1.54) is 10.5 Å². The molecule has 0 atom stereocenters. The van der Waals surface area contributed by atoms with Crippen LogP contribution in [0.15, 0.2) is 52.5 Å². The van der Waals surface area contributed by atoms with Crippen LogP contribution in [0.5, 0.6) is 0 Å². The fraction of sp³-hybridized carbons (Fsp3) is 0.167. The average molecular weight is 365 g/mol. The summed E-state index contributed by atoms with van der Waals surface area (Å²) in [5.41, 5.74) is 3.27. The Morgan fingerprint density at radius 2 is 2.04 bits per heavy atom. The fourth-order valence-corrected chi connectivity index (χ4v) is 4.51. The number of aromatic nitrogens is 4. The molecule has 7 heteroatoms. The molecule has 0 aromatic carbocycles. The number of hydrogen-bond donors (Lipinski definition) is 0. The molecule has 0 saturated carbocycles. The van der Waals surface area contributed by atoms with Crippen molar-refractivity contribution in [1.29, 1.82) is 0 Å². The number of thiophene rings is 2. The second kappa shape index (κ2) is 6.09. The van der Waals surface area contributed by atoms with Crippen LogP contribution >= 0.6 is 22.7 Å². The predicted molar refractivity (Wildman–Crippen MR) is 103 cm³/mol. The smallest absolute Gasteiger partial charge is 0.186 e. The Hall–Kier alpha value is -2.51. The zero-order valence-electron chi connectivity index (χ0n) is 13.4.